The van der Waals surface area contributed by atoms with E-state index in [1.54, 1.807) is 35.7 Å². The highest BCUT2D eigenvalue weighted by molar-refractivity contribution is 7.14. The van der Waals surface area contributed by atoms with Crippen molar-refractivity contribution in [1.82, 2.24) is 0 Å². The van der Waals surface area contributed by atoms with Crippen LogP contribution in [0, 0.1) is 17.2 Å². The van der Waals surface area contributed by atoms with Crippen molar-refractivity contribution in [1.29, 1.82) is 5.26 Å². The summed E-state index contributed by atoms with van der Waals surface area (Å²) in [4.78, 5) is 24.4. The van der Waals surface area contributed by atoms with Gasteiger partial charge in [-0.25, -0.2) is 0 Å². The summed E-state index contributed by atoms with van der Waals surface area (Å²) < 4.78 is 5.17. The molecular weight excluding hydrogens is 360 g/mol. The minimum Gasteiger partial charge on any atom is -0.455 e. The molecule has 1 heterocycles. The number of amides is 1. The number of nitrogens with one attached hydrogen (secondary N) is 1. The Morgan fingerprint density at radius 3 is 2.56 bits per heavy atom. The summed E-state index contributed by atoms with van der Waals surface area (Å²) in [6.07, 6.45) is 0. The molecule has 0 saturated heterocycles. The van der Waals surface area contributed by atoms with Gasteiger partial charge in [0.1, 0.15) is 11.1 Å². The van der Waals surface area contributed by atoms with Gasteiger partial charge in [0, 0.05) is 5.02 Å². The Balaban J connectivity index is 1.98. The Bertz CT molecular complexity index is 793. The molecule has 1 N–H and O–H groups in total. The topological polar surface area (TPSA) is 79.2 Å². The molecule has 0 saturated carbocycles. The first kappa shape index (κ1) is 19.0. The van der Waals surface area contributed by atoms with E-state index in [9.17, 15) is 9.59 Å². The lowest BCUT2D eigenvalue weighted by Crippen LogP contribution is -2.26. The highest BCUT2D eigenvalue weighted by Gasteiger charge is 2.26. The van der Waals surface area contributed by atoms with Gasteiger partial charge >= 0.3 is 5.97 Å². The van der Waals surface area contributed by atoms with E-state index in [1.165, 1.54) is 11.3 Å². The number of carbonyl (C=O) groups is 2. The number of ether oxygens (including phenoxy) is 1. The zero-order chi connectivity index (χ0) is 18.4. The van der Waals surface area contributed by atoms with Gasteiger partial charge in [-0.05, 0) is 35.1 Å². The number of hydrogen-bond donors (Lipinski definition) is 1. The van der Waals surface area contributed by atoms with Crippen LogP contribution in [0.5, 0.6) is 0 Å². The lowest BCUT2D eigenvalue weighted by molar-refractivity contribution is -0.149. The Morgan fingerprint density at radius 2 is 1.96 bits per heavy atom. The number of halogens is 1. The molecule has 2 rings (SSSR count). The van der Waals surface area contributed by atoms with E-state index in [4.69, 9.17) is 21.6 Å². The lowest BCUT2D eigenvalue weighted by Gasteiger charge is -2.19. The van der Waals surface area contributed by atoms with Crippen molar-refractivity contribution < 1.29 is 14.3 Å². The molecule has 1 aromatic carbocycles. The van der Waals surface area contributed by atoms with Crippen molar-refractivity contribution in [3.05, 3.63) is 51.9 Å². The van der Waals surface area contributed by atoms with Gasteiger partial charge in [-0.15, -0.1) is 11.3 Å². The number of nitrogens with zero attached hydrogens (tertiary/aromatic N) is 1. The molecule has 25 heavy (non-hydrogen) atoms. The summed E-state index contributed by atoms with van der Waals surface area (Å²) in [5, 5.41) is 14.2. The Morgan fingerprint density at radius 1 is 1.28 bits per heavy atom. The third-order valence-corrected chi connectivity index (χ3v) is 4.62. The van der Waals surface area contributed by atoms with Crippen molar-refractivity contribution in [2.75, 3.05) is 11.9 Å². The third-order valence-electron chi connectivity index (χ3n) is 3.53. The molecule has 0 aliphatic rings. The fourth-order valence-electron chi connectivity index (χ4n) is 2.35. The fourth-order valence-corrected chi connectivity index (χ4v) is 3.23. The van der Waals surface area contributed by atoms with Crippen LogP contribution in [0.1, 0.15) is 30.9 Å². The van der Waals surface area contributed by atoms with E-state index in [1.807, 2.05) is 19.9 Å². The van der Waals surface area contributed by atoms with E-state index < -0.39 is 24.4 Å². The number of anilines is 1. The molecule has 5 nitrogen and oxygen atoms in total. The normalized spacial score (nSPS) is 11.6. The molecule has 0 radical (unpaired) electrons. The first-order valence-electron chi connectivity index (χ1n) is 7.62. The van der Waals surface area contributed by atoms with E-state index in [0.717, 1.165) is 5.56 Å². The quantitative estimate of drug-likeness (QED) is 0.766. The predicted molar refractivity (Wildman–Crippen MR) is 97.7 cm³/mol. The summed E-state index contributed by atoms with van der Waals surface area (Å²) in [6.45, 7) is 3.41. The molecule has 7 heteroatoms. The van der Waals surface area contributed by atoms with Crippen LogP contribution >= 0.6 is 22.9 Å². The molecule has 0 unspecified atom stereocenters. The number of benzene rings is 1. The van der Waals surface area contributed by atoms with Crippen LogP contribution in [0.2, 0.25) is 5.02 Å². The second-order valence-corrected chi connectivity index (χ2v) is 7.06. The highest BCUT2D eigenvalue weighted by atomic mass is 35.5. The molecule has 0 fully saturated rings. The van der Waals surface area contributed by atoms with Gasteiger partial charge in [-0.1, -0.05) is 37.6 Å². The maximum Gasteiger partial charge on any atom is 0.314 e. The van der Waals surface area contributed by atoms with Crippen molar-refractivity contribution in [3.8, 4) is 6.07 Å². The van der Waals surface area contributed by atoms with Crippen molar-refractivity contribution in [2.24, 2.45) is 5.92 Å². The number of thiophene rings is 1. The molecule has 0 aliphatic heterocycles. The van der Waals surface area contributed by atoms with Crippen LogP contribution in [0.4, 0.5) is 5.00 Å². The smallest absolute Gasteiger partial charge is 0.314 e. The van der Waals surface area contributed by atoms with E-state index >= 15 is 0 Å². The first-order valence-corrected chi connectivity index (χ1v) is 8.87. The zero-order valence-corrected chi connectivity index (χ0v) is 15.4. The maximum atomic E-state index is 12.4. The molecule has 1 atom stereocenters. The molecule has 2 aromatic rings. The van der Waals surface area contributed by atoms with E-state index in [0.29, 0.717) is 15.6 Å². The minimum absolute atomic E-state index is 0.000718. The van der Waals surface area contributed by atoms with E-state index in [2.05, 4.69) is 5.32 Å². The second kappa shape index (κ2) is 8.65. The summed E-state index contributed by atoms with van der Waals surface area (Å²) in [6, 6.07) is 10.6. The van der Waals surface area contributed by atoms with Gasteiger partial charge in [0.05, 0.1) is 11.5 Å². The predicted octanol–water partition coefficient (Wildman–Crippen LogP) is 4.19. The minimum atomic E-state index is -0.485. The van der Waals surface area contributed by atoms with Crippen molar-refractivity contribution in [3.63, 3.8) is 0 Å². The molecule has 0 bridgehead atoms. The van der Waals surface area contributed by atoms with Crippen LogP contribution < -0.4 is 5.32 Å². The largest absolute Gasteiger partial charge is 0.455 e. The zero-order valence-electron chi connectivity index (χ0n) is 13.8. The number of carbonyl (C=O) groups excluding carboxylic acids is 2. The van der Waals surface area contributed by atoms with Gasteiger partial charge < -0.3 is 10.1 Å². The molecule has 0 spiro atoms. The monoisotopic (exact) mass is 376 g/mol. The molecule has 130 valence electrons. The number of rotatable bonds is 6. The lowest BCUT2D eigenvalue weighted by atomic mass is 9.88. The highest BCUT2D eigenvalue weighted by Crippen LogP contribution is 2.27. The summed E-state index contributed by atoms with van der Waals surface area (Å²) >= 11 is 7.12. The van der Waals surface area contributed by atoms with Gasteiger partial charge in [0.15, 0.2) is 6.61 Å². The third kappa shape index (κ3) is 5.05. The number of hydrogen-bond acceptors (Lipinski definition) is 5. The average molecular weight is 377 g/mol. The van der Waals surface area contributed by atoms with Gasteiger partial charge in [0.2, 0.25) is 0 Å². The summed E-state index contributed by atoms with van der Waals surface area (Å²) in [5.41, 5.74) is 1.17. The maximum absolute atomic E-state index is 12.4. The Labute approximate surface area is 155 Å². The van der Waals surface area contributed by atoms with Crippen molar-refractivity contribution >= 4 is 39.8 Å². The SMILES string of the molecule is CC(C)[C@H](C(=O)OCC(=O)Nc1sccc1C#N)c1ccc(Cl)cc1. The van der Waals surface area contributed by atoms with Gasteiger partial charge in [-0.2, -0.15) is 5.26 Å². The van der Waals surface area contributed by atoms with E-state index in [-0.39, 0.29) is 5.92 Å². The first-order chi connectivity index (χ1) is 11.9. The summed E-state index contributed by atoms with van der Waals surface area (Å²) in [5.74, 6) is -1.44. The molecule has 0 aliphatic carbocycles. The molecular formula is C18H17ClN2O3S. The van der Waals surface area contributed by atoms with Crippen LogP contribution in [0.3, 0.4) is 0 Å². The number of esters is 1. The Kier molecular flexibility index (Phi) is 6.57. The fraction of sp³-hybridized carbons (Fsp3) is 0.278. The van der Waals surface area contributed by atoms with Crippen LogP contribution in [-0.2, 0) is 14.3 Å². The summed E-state index contributed by atoms with van der Waals surface area (Å²) in [7, 11) is 0. The van der Waals surface area contributed by atoms with Crippen LogP contribution in [0.15, 0.2) is 35.7 Å². The van der Waals surface area contributed by atoms with Gasteiger partial charge in [0.25, 0.3) is 5.91 Å². The number of nitriles is 1. The van der Waals surface area contributed by atoms with Crippen molar-refractivity contribution in [2.45, 2.75) is 19.8 Å². The standard InChI is InChI=1S/C18H17ClN2O3S/c1-11(2)16(12-3-5-14(19)6-4-12)18(23)24-10-15(22)21-17-13(9-20)7-8-25-17/h3-8,11,16H,10H2,1-2H3,(H,21,22)/t16-/m0/s1. The molecule has 1 aromatic heterocycles. The van der Waals surface area contributed by atoms with Gasteiger partial charge in [-0.3, -0.25) is 9.59 Å². The average Bonchev–Trinajstić information content (AvgIpc) is 3.01. The second-order valence-electron chi connectivity index (χ2n) is 5.70. The van der Waals surface area contributed by atoms with Crippen LogP contribution in [-0.4, -0.2) is 18.5 Å². The Hall–Kier alpha value is -2.36. The van der Waals surface area contributed by atoms with Crippen LogP contribution in [0.25, 0.3) is 0 Å². The molecule has 1 amide bonds.